The maximum absolute atomic E-state index is 11.7. The largest absolute Gasteiger partial charge is 0.444 e. The Kier molecular flexibility index (Phi) is 3.61. The number of fused-ring (bicyclic) bond motifs is 1. The zero-order valence-corrected chi connectivity index (χ0v) is 12.4. The van der Waals surface area contributed by atoms with Crippen LogP contribution >= 0.6 is 15.9 Å². The van der Waals surface area contributed by atoms with Crippen LogP contribution in [0.2, 0.25) is 0 Å². The van der Waals surface area contributed by atoms with E-state index in [1.54, 1.807) is 6.20 Å². The Labute approximate surface area is 115 Å². The first-order valence-electron chi connectivity index (χ1n) is 5.98. The average molecular weight is 313 g/mol. The fourth-order valence-electron chi connectivity index (χ4n) is 2.08. The molecule has 1 heterocycles. The minimum Gasteiger partial charge on any atom is -0.444 e. The number of rotatable bonds is 1. The standard InChI is InChI=1S/C13H17BrN2O2/c1-13(2,3)18-12(17)16-11-5-4-8-9(11)6-15-7-10(8)14/h6-7,11H,4-5H2,1-3H3,(H,16,17)/t11-/m0/s1. The lowest BCUT2D eigenvalue weighted by molar-refractivity contribution is 0.0503. The summed E-state index contributed by atoms with van der Waals surface area (Å²) in [6, 6.07) is -0.000139. The molecule has 1 aliphatic rings. The molecule has 0 spiro atoms. The second kappa shape index (κ2) is 4.88. The molecule has 0 saturated heterocycles. The highest BCUT2D eigenvalue weighted by molar-refractivity contribution is 9.10. The van der Waals surface area contributed by atoms with E-state index < -0.39 is 5.60 Å². The van der Waals surface area contributed by atoms with Crippen molar-refractivity contribution < 1.29 is 9.53 Å². The molecular weight excluding hydrogens is 296 g/mol. The van der Waals surface area contributed by atoms with Gasteiger partial charge in [-0.15, -0.1) is 0 Å². The minimum atomic E-state index is -0.471. The lowest BCUT2D eigenvalue weighted by atomic mass is 10.1. The summed E-state index contributed by atoms with van der Waals surface area (Å²) in [5, 5.41) is 2.90. The van der Waals surface area contributed by atoms with Crippen molar-refractivity contribution in [3.63, 3.8) is 0 Å². The van der Waals surface area contributed by atoms with Gasteiger partial charge in [-0.1, -0.05) is 0 Å². The van der Waals surface area contributed by atoms with Crippen LogP contribution in [-0.4, -0.2) is 16.7 Å². The molecule has 1 amide bonds. The third-order valence-electron chi connectivity index (χ3n) is 2.79. The molecule has 1 aliphatic carbocycles. The predicted octanol–water partition coefficient (Wildman–Crippen LogP) is 3.36. The number of carbonyl (C=O) groups is 1. The van der Waals surface area contributed by atoms with Gasteiger partial charge in [0.2, 0.25) is 0 Å². The van der Waals surface area contributed by atoms with Gasteiger partial charge in [0.15, 0.2) is 0 Å². The van der Waals surface area contributed by atoms with Crippen molar-refractivity contribution in [2.24, 2.45) is 0 Å². The number of pyridine rings is 1. The van der Waals surface area contributed by atoms with Crippen LogP contribution in [0.3, 0.4) is 0 Å². The monoisotopic (exact) mass is 312 g/mol. The molecule has 0 saturated carbocycles. The molecule has 0 radical (unpaired) electrons. The van der Waals surface area contributed by atoms with Gasteiger partial charge in [-0.25, -0.2) is 4.79 Å². The van der Waals surface area contributed by atoms with E-state index in [9.17, 15) is 4.79 Å². The number of ether oxygens (including phenoxy) is 1. The van der Waals surface area contributed by atoms with Crippen molar-refractivity contribution >= 4 is 22.0 Å². The molecule has 0 unspecified atom stereocenters. The Morgan fingerprint density at radius 1 is 1.50 bits per heavy atom. The number of aromatic nitrogens is 1. The van der Waals surface area contributed by atoms with E-state index in [1.807, 2.05) is 27.0 Å². The molecule has 1 N–H and O–H groups in total. The average Bonchev–Trinajstić information content (AvgIpc) is 2.60. The van der Waals surface area contributed by atoms with Gasteiger partial charge in [0.25, 0.3) is 0 Å². The first kappa shape index (κ1) is 13.3. The van der Waals surface area contributed by atoms with Crippen LogP contribution in [0.15, 0.2) is 16.9 Å². The van der Waals surface area contributed by atoms with Crippen LogP contribution in [0.5, 0.6) is 0 Å². The summed E-state index contributed by atoms with van der Waals surface area (Å²) in [6.07, 6.45) is 5.06. The molecule has 0 aromatic carbocycles. The summed E-state index contributed by atoms with van der Waals surface area (Å²) >= 11 is 3.48. The fourth-order valence-corrected chi connectivity index (χ4v) is 2.63. The number of nitrogens with one attached hydrogen (secondary N) is 1. The molecule has 18 heavy (non-hydrogen) atoms. The first-order valence-corrected chi connectivity index (χ1v) is 6.78. The van der Waals surface area contributed by atoms with Crippen molar-refractivity contribution in [3.8, 4) is 0 Å². The van der Waals surface area contributed by atoms with Gasteiger partial charge < -0.3 is 10.1 Å². The van der Waals surface area contributed by atoms with Crippen LogP contribution in [-0.2, 0) is 11.2 Å². The van der Waals surface area contributed by atoms with Crippen molar-refractivity contribution in [1.29, 1.82) is 0 Å². The third-order valence-corrected chi connectivity index (χ3v) is 3.47. The van der Waals surface area contributed by atoms with Crippen LogP contribution in [0, 0.1) is 0 Å². The Balaban J connectivity index is 2.06. The molecule has 2 rings (SSSR count). The number of hydrogen-bond donors (Lipinski definition) is 1. The van der Waals surface area contributed by atoms with E-state index in [1.165, 1.54) is 5.56 Å². The molecule has 0 bridgehead atoms. The van der Waals surface area contributed by atoms with E-state index in [0.29, 0.717) is 0 Å². The molecule has 1 aromatic heterocycles. The lowest BCUT2D eigenvalue weighted by Crippen LogP contribution is -2.34. The molecule has 0 aliphatic heterocycles. The van der Waals surface area contributed by atoms with Gasteiger partial charge >= 0.3 is 6.09 Å². The summed E-state index contributed by atoms with van der Waals surface area (Å²) in [5.74, 6) is 0. The second-order valence-electron chi connectivity index (χ2n) is 5.43. The number of hydrogen-bond acceptors (Lipinski definition) is 3. The SMILES string of the molecule is CC(C)(C)OC(=O)N[C@H]1CCc2c(Br)cncc21. The number of carbonyl (C=O) groups excluding carboxylic acids is 1. The van der Waals surface area contributed by atoms with Crippen LogP contribution in [0.25, 0.3) is 0 Å². The summed E-state index contributed by atoms with van der Waals surface area (Å²) in [6.45, 7) is 5.56. The summed E-state index contributed by atoms with van der Waals surface area (Å²) in [7, 11) is 0. The molecule has 1 aromatic rings. The molecule has 5 heteroatoms. The van der Waals surface area contributed by atoms with Crippen LogP contribution in [0.4, 0.5) is 4.79 Å². The maximum Gasteiger partial charge on any atom is 0.408 e. The summed E-state index contributed by atoms with van der Waals surface area (Å²) < 4.78 is 6.27. The topological polar surface area (TPSA) is 51.2 Å². The quantitative estimate of drug-likeness (QED) is 0.865. The molecular formula is C13H17BrN2O2. The number of amides is 1. The summed E-state index contributed by atoms with van der Waals surface area (Å²) in [5.41, 5.74) is 1.84. The first-order chi connectivity index (χ1) is 8.37. The number of halogens is 1. The van der Waals surface area contributed by atoms with Gasteiger partial charge in [0.1, 0.15) is 5.60 Å². The van der Waals surface area contributed by atoms with Crippen molar-refractivity contribution in [3.05, 3.63) is 28.0 Å². The van der Waals surface area contributed by atoms with Crippen LogP contribution < -0.4 is 5.32 Å². The van der Waals surface area contributed by atoms with Gasteiger partial charge in [-0.3, -0.25) is 4.98 Å². The lowest BCUT2D eigenvalue weighted by Gasteiger charge is -2.22. The van der Waals surface area contributed by atoms with E-state index in [2.05, 4.69) is 26.2 Å². The maximum atomic E-state index is 11.7. The minimum absolute atomic E-state index is 0.000139. The Hall–Kier alpha value is -1.10. The Morgan fingerprint density at radius 3 is 2.89 bits per heavy atom. The van der Waals surface area contributed by atoms with E-state index >= 15 is 0 Å². The highest BCUT2D eigenvalue weighted by atomic mass is 79.9. The van der Waals surface area contributed by atoms with Gasteiger partial charge in [-0.2, -0.15) is 0 Å². The number of nitrogens with zero attached hydrogens (tertiary/aromatic N) is 1. The Morgan fingerprint density at radius 2 is 2.22 bits per heavy atom. The normalized spacial score (nSPS) is 18.3. The van der Waals surface area contributed by atoms with E-state index in [4.69, 9.17) is 4.74 Å². The molecule has 0 fully saturated rings. The highest BCUT2D eigenvalue weighted by Crippen LogP contribution is 2.34. The van der Waals surface area contributed by atoms with E-state index in [-0.39, 0.29) is 12.1 Å². The van der Waals surface area contributed by atoms with Crippen molar-refractivity contribution in [2.45, 2.75) is 45.3 Å². The van der Waals surface area contributed by atoms with Crippen molar-refractivity contribution in [1.82, 2.24) is 10.3 Å². The second-order valence-corrected chi connectivity index (χ2v) is 6.28. The van der Waals surface area contributed by atoms with Gasteiger partial charge in [-0.05, 0) is 60.7 Å². The molecule has 98 valence electrons. The van der Waals surface area contributed by atoms with E-state index in [0.717, 1.165) is 22.9 Å². The fraction of sp³-hybridized carbons (Fsp3) is 0.538. The summed E-state index contributed by atoms with van der Waals surface area (Å²) in [4.78, 5) is 15.9. The highest BCUT2D eigenvalue weighted by Gasteiger charge is 2.27. The molecule has 4 nitrogen and oxygen atoms in total. The number of alkyl carbamates (subject to hydrolysis) is 1. The smallest absolute Gasteiger partial charge is 0.408 e. The van der Waals surface area contributed by atoms with Gasteiger partial charge in [0, 0.05) is 16.9 Å². The van der Waals surface area contributed by atoms with Crippen LogP contribution in [0.1, 0.15) is 44.4 Å². The van der Waals surface area contributed by atoms with Crippen molar-refractivity contribution in [2.75, 3.05) is 0 Å². The Bertz CT molecular complexity index is 469. The predicted molar refractivity (Wildman–Crippen MR) is 72.4 cm³/mol. The zero-order chi connectivity index (χ0) is 13.3. The molecule has 1 atom stereocenters. The van der Waals surface area contributed by atoms with Gasteiger partial charge in [0.05, 0.1) is 6.04 Å². The zero-order valence-electron chi connectivity index (χ0n) is 10.8. The third kappa shape index (κ3) is 3.02.